The summed E-state index contributed by atoms with van der Waals surface area (Å²) < 4.78 is 16.8. The summed E-state index contributed by atoms with van der Waals surface area (Å²) in [6.45, 7) is 1.69. The first-order valence-corrected chi connectivity index (χ1v) is 14.7. The fraction of sp³-hybridized carbons (Fsp3) is 0.862. The number of rotatable bonds is 5. The molecule has 2 aliphatic heterocycles. The Balaban J connectivity index is 1.21. The van der Waals surface area contributed by atoms with E-state index in [4.69, 9.17) is 14.2 Å². The van der Waals surface area contributed by atoms with Crippen molar-refractivity contribution in [3.63, 3.8) is 0 Å². The summed E-state index contributed by atoms with van der Waals surface area (Å²) in [6, 6.07) is 0. The highest BCUT2D eigenvalue weighted by atomic mass is 16.7. The number of hydrogen-bond donors (Lipinski definition) is 6. The van der Waals surface area contributed by atoms with E-state index < -0.39 is 71.9 Å². The van der Waals surface area contributed by atoms with Crippen molar-refractivity contribution in [1.29, 1.82) is 0 Å². The number of aliphatic hydroxyl groups is 6. The highest BCUT2D eigenvalue weighted by Gasteiger charge is 2.71. The lowest BCUT2D eigenvalue weighted by Gasteiger charge is -2.64. The molecule has 2 heterocycles. The molecular formula is C29H42O11. The molecule has 5 fully saturated rings. The van der Waals surface area contributed by atoms with Crippen LogP contribution in [0.2, 0.25) is 0 Å². The monoisotopic (exact) mass is 566 g/mol. The van der Waals surface area contributed by atoms with Gasteiger partial charge in [0.05, 0.1) is 24.4 Å². The highest BCUT2D eigenvalue weighted by molar-refractivity contribution is 5.85. The zero-order chi connectivity index (χ0) is 28.6. The van der Waals surface area contributed by atoms with Crippen LogP contribution in [0.5, 0.6) is 0 Å². The normalized spacial score (nSPS) is 54.1. The standard InChI is InChI=1S/C29H42O11/c1-27-10-19(32)22-18(29(27,37)7-5-17(27)14-8-21(33)38-12-14)3-2-15-9-16(4-6-28(15,22)13-31)39-26-25(36)24(35)23(34)20(11-30)40-26/h8,13,15-20,22-26,30,32,34-37H,2-7,9-12H2,1H3/t15-,16+,17-,18-,19-,20-,22-,23-,24-,25-,26-,27-,28-,29+/m1/s1. The van der Waals surface area contributed by atoms with Crippen LogP contribution in [0.4, 0.5) is 0 Å². The van der Waals surface area contributed by atoms with E-state index in [1.165, 1.54) is 6.08 Å². The number of hydrogen-bond acceptors (Lipinski definition) is 11. The van der Waals surface area contributed by atoms with E-state index in [0.29, 0.717) is 51.4 Å². The molecule has 6 aliphatic rings. The minimum atomic E-state index is -1.53. The van der Waals surface area contributed by atoms with Crippen LogP contribution in [0, 0.1) is 34.5 Å². The topological polar surface area (TPSA) is 183 Å². The van der Waals surface area contributed by atoms with Crippen LogP contribution in [-0.4, -0.2) is 105 Å². The van der Waals surface area contributed by atoms with Gasteiger partial charge in [-0.25, -0.2) is 4.79 Å². The van der Waals surface area contributed by atoms with Crippen molar-refractivity contribution in [2.75, 3.05) is 13.2 Å². The molecule has 0 spiro atoms. The summed E-state index contributed by atoms with van der Waals surface area (Å²) in [4.78, 5) is 24.8. The van der Waals surface area contributed by atoms with Crippen molar-refractivity contribution < 1.29 is 54.4 Å². The summed E-state index contributed by atoms with van der Waals surface area (Å²) in [5, 5.41) is 64.2. The van der Waals surface area contributed by atoms with Crippen LogP contribution in [0.25, 0.3) is 0 Å². The molecule has 11 nitrogen and oxygen atoms in total. The van der Waals surface area contributed by atoms with E-state index in [-0.39, 0.29) is 30.3 Å². The molecule has 0 amide bonds. The minimum Gasteiger partial charge on any atom is -0.458 e. The predicted octanol–water partition coefficient (Wildman–Crippen LogP) is -0.422. The molecule has 0 aromatic carbocycles. The third-order valence-corrected chi connectivity index (χ3v) is 11.8. The van der Waals surface area contributed by atoms with Crippen molar-refractivity contribution in [1.82, 2.24) is 0 Å². The van der Waals surface area contributed by atoms with Crippen molar-refractivity contribution in [2.24, 2.45) is 34.5 Å². The number of carbonyl (C=O) groups is 2. The molecule has 6 N–H and O–H groups in total. The Labute approximate surface area is 233 Å². The molecule has 11 heteroatoms. The Morgan fingerprint density at radius 2 is 1.85 bits per heavy atom. The van der Waals surface area contributed by atoms with Gasteiger partial charge in [0.2, 0.25) is 0 Å². The Morgan fingerprint density at radius 1 is 1.07 bits per heavy atom. The predicted molar refractivity (Wildman–Crippen MR) is 136 cm³/mol. The maximum absolute atomic E-state index is 13.0. The van der Waals surface area contributed by atoms with E-state index in [1.54, 1.807) is 0 Å². The van der Waals surface area contributed by atoms with Crippen LogP contribution >= 0.6 is 0 Å². The van der Waals surface area contributed by atoms with Gasteiger partial charge in [-0.2, -0.15) is 0 Å². The summed E-state index contributed by atoms with van der Waals surface area (Å²) in [5.41, 5.74) is -1.69. The SMILES string of the molecule is C[C@]12C[C@@H](O)[C@H]3[C@@H](CC[C@@H]4C[C@@H](O[C@@H]5O[C@H](CO)[C@@H](O)[C@@H](O)[C@H]5O)CC[C@@]43C=O)[C@@]1(O)CC[C@@H]2C1=CC(=O)OC1. The molecule has 0 aromatic rings. The zero-order valence-electron chi connectivity index (χ0n) is 22.8. The molecule has 0 radical (unpaired) electrons. The number of ether oxygens (including phenoxy) is 3. The van der Waals surface area contributed by atoms with Gasteiger partial charge in [-0.15, -0.1) is 0 Å². The fourth-order valence-corrected chi connectivity index (χ4v) is 9.86. The number of aldehydes is 1. The molecule has 6 rings (SSSR count). The molecule has 0 unspecified atom stereocenters. The molecule has 4 saturated carbocycles. The average Bonchev–Trinajstić information content (AvgIpc) is 3.48. The quantitative estimate of drug-likeness (QED) is 0.144. The summed E-state index contributed by atoms with van der Waals surface area (Å²) in [7, 11) is 0. The van der Waals surface area contributed by atoms with Crippen LogP contribution < -0.4 is 0 Å². The van der Waals surface area contributed by atoms with E-state index in [0.717, 1.165) is 11.9 Å². The number of carbonyl (C=O) groups excluding carboxylic acids is 2. The lowest BCUT2D eigenvalue weighted by molar-refractivity contribution is -0.317. The maximum Gasteiger partial charge on any atom is 0.331 e. The Kier molecular flexibility index (Phi) is 7.23. The highest BCUT2D eigenvalue weighted by Crippen LogP contribution is 2.69. The van der Waals surface area contributed by atoms with Gasteiger partial charge in [0, 0.05) is 22.8 Å². The van der Waals surface area contributed by atoms with Gasteiger partial charge in [-0.1, -0.05) is 6.92 Å². The third-order valence-electron chi connectivity index (χ3n) is 11.8. The summed E-state index contributed by atoms with van der Waals surface area (Å²) >= 11 is 0. The molecule has 0 aromatic heterocycles. The largest absolute Gasteiger partial charge is 0.458 e. The molecular weight excluding hydrogens is 524 g/mol. The van der Waals surface area contributed by atoms with Gasteiger partial charge >= 0.3 is 5.97 Å². The van der Waals surface area contributed by atoms with Crippen molar-refractivity contribution in [3.8, 4) is 0 Å². The second-order valence-electron chi connectivity index (χ2n) is 13.4. The van der Waals surface area contributed by atoms with Gasteiger partial charge in [-0.3, -0.25) is 0 Å². The minimum absolute atomic E-state index is 0.0767. The lowest BCUT2D eigenvalue weighted by Crippen LogP contribution is -2.67. The number of aliphatic hydroxyl groups excluding tert-OH is 5. The van der Waals surface area contributed by atoms with Gasteiger partial charge in [-0.05, 0) is 74.7 Å². The van der Waals surface area contributed by atoms with Crippen LogP contribution in [0.1, 0.15) is 58.3 Å². The van der Waals surface area contributed by atoms with E-state index in [1.807, 2.05) is 6.92 Å². The first kappa shape index (κ1) is 28.7. The van der Waals surface area contributed by atoms with Crippen LogP contribution in [0.3, 0.4) is 0 Å². The van der Waals surface area contributed by atoms with Crippen molar-refractivity contribution >= 4 is 12.3 Å². The summed E-state index contributed by atoms with van der Waals surface area (Å²) in [6.07, 6.45) is -1.25. The molecule has 14 atom stereocenters. The fourth-order valence-electron chi connectivity index (χ4n) is 9.86. The van der Waals surface area contributed by atoms with Gasteiger partial charge in [0.25, 0.3) is 0 Å². The Morgan fingerprint density at radius 3 is 2.52 bits per heavy atom. The van der Waals surface area contributed by atoms with E-state index in [2.05, 4.69) is 0 Å². The molecule has 40 heavy (non-hydrogen) atoms. The maximum atomic E-state index is 13.0. The molecule has 1 saturated heterocycles. The van der Waals surface area contributed by atoms with Crippen molar-refractivity contribution in [3.05, 3.63) is 11.6 Å². The van der Waals surface area contributed by atoms with Gasteiger partial charge < -0.3 is 49.6 Å². The second kappa shape index (κ2) is 10.1. The first-order valence-electron chi connectivity index (χ1n) is 14.7. The lowest BCUT2D eigenvalue weighted by atomic mass is 9.42. The third kappa shape index (κ3) is 4.00. The average molecular weight is 567 g/mol. The molecule has 0 bridgehead atoms. The zero-order valence-corrected chi connectivity index (χ0v) is 22.8. The van der Waals surface area contributed by atoms with Crippen molar-refractivity contribution in [2.45, 2.75) is 107 Å². The smallest absolute Gasteiger partial charge is 0.331 e. The number of cyclic esters (lactones) is 1. The van der Waals surface area contributed by atoms with Crippen LogP contribution in [0.15, 0.2) is 11.6 Å². The second-order valence-corrected chi connectivity index (χ2v) is 13.4. The molecule has 224 valence electrons. The van der Waals surface area contributed by atoms with E-state index >= 15 is 0 Å². The number of esters is 1. The number of fused-ring (bicyclic) bond motifs is 5. The van der Waals surface area contributed by atoms with Gasteiger partial charge in [0.1, 0.15) is 37.3 Å². The Hall–Kier alpha value is -1.44. The summed E-state index contributed by atoms with van der Waals surface area (Å²) in [5.74, 6) is -1.24. The van der Waals surface area contributed by atoms with Crippen LogP contribution in [-0.2, 0) is 23.8 Å². The van der Waals surface area contributed by atoms with E-state index in [9.17, 15) is 40.2 Å². The molecule has 4 aliphatic carbocycles. The first-order chi connectivity index (χ1) is 19.0. The van der Waals surface area contributed by atoms with Gasteiger partial charge in [0.15, 0.2) is 6.29 Å². The Bertz CT molecular complexity index is 1050.